The molecule has 10 nitrogen and oxygen atoms in total. The monoisotopic (exact) mass is 549 g/mol. The summed E-state index contributed by atoms with van der Waals surface area (Å²) in [5.74, 6) is 0.912. The van der Waals surface area contributed by atoms with E-state index in [9.17, 15) is 4.79 Å². The fourth-order valence-electron chi connectivity index (χ4n) is 4.19. The van der Waals surface area contributed by atoms with Gasteiger partial charge in [0, 0.05) is 28.7 Å². The highest BCUT2D eigenvalue weighted by atomic mass is 35.5. The molecule has 10 N–H and O–H groups in total. The van der Waals surface area contributed by atoms with Gasteiger partial charge in [-0.25, -0.2) is 9.78 Å². The summed E-state index contributed by atoms with van der Waals surface area (Å²) in [6.07, 6.45) is 0.467. The zero-order valence-electron chi connectivity index (χ0n) is 20.1. The van der Waals surface area contributed by atoms with E-state index in [4.69, 9.17) is 45.4 Å². The quantitative estimate of drug-likeness (QED) is 0.143. The van der Waals surface area contributed by atoms with Gasteiger partial charge in [-0.2, -0.15) is 5.10 Å². The second-order valence-corrected chi connectivity index (χ2v) is 9.52. The van der Waals surface area contributed by atoms with Gasteiger partial charge in [0.25, 0.3) is 0 Å². The number of nitrogen functional groups attached to an aromatic ring is 3. The van der Waals surface area contributed by atoms with Gasteiger partial charge in [-0.1, -0.05) is 59.6 Å². The van der Waals surface area contributed by atoms with Crippen molar-refractivity contribution >= 4 is 57.3 Å². The number of aromatic nitrogens is 4. The first-order valence-electron chi connectivity index (χ1n) is 11.7. The molecule has 0 spiro atoms. The van der Waals surface area contributed by atoms with Crippen LogP contribution in [0.2, 0.25) is 10.2 Å². The highest BCUT2D eigenvalue weighted by molar-refractivity contribution is 6.34. The lowest BCUT2D eigenvalue weighted by Crippen LogP contribution is -2.39. The molecule has 2 amide bonds. The molecule has 194 valence electrons. The lowest BCUT2D eigenvalue weighted by Gasteiger charge is -2.18. The topological polar surface area (TPSA) is 177 Å². The maximum Gasteiger partial charge on any atom is 0.315 e. The van der Waals surface area contributed by atoms with Crippen LogP contribution in [-0.4, -0.2) is 26.2 Å². The molecular formula is C26H25Cl2N9O. The standard InChI is InChI=1S/C26H25Cl2N9O/c27-21-16(17(29)8-9-18(21)30)12-32-26(38)33-20(10-13-4-2-1-3-5-13)25-34-22(23(28)35-25)14-6-7-15-19(11-14)36-37-24(15)31/h1-9,11,20H,10,12,29-30H2,(H,34,35)(H3,31,36,37)(H2,32,33,38)/t20-/m0/s1. The average molecular weight is 550 g/mol. The number of nitrogens with one attached hydrogen (secondary N) is 4. The minimum absolute atomic E-state index is 0.0943. The number of nitrogens with two attached hydrogens (primary N) is 3. The summed E-state index contributed by atoms with van der Waals surface area (Å²) in [7, 11) is 0. The first kappa shape index (κ1) is 25.2. The number of halogens is 2. The van der Waals surface area contributed by atoms with Crippen LogP contribution in [-0.2, 0) is 13.0 Å². The van der Waals surface area contributed by atoms with E-state index in [1.165, 1.54) is 0 Å². The number of carbonyl (C=O) groups is 1. The molecule has 2 heterocycles. The minimum atomic E-state index is -0.524. The third-order valence-electron chi connectivity index (χ3n) is 6.20. The second kappa shape index (κ2) is 10.5. The Balaban J connectivity index is 1.40. The fourth-order valence-corrected chi connectivity index (χ4v) is 4.68. The molecule has 0 radical (unpaired) electrons. The predicted molar refractivity (Wildman–Crippen MR) is 152 cm³/mol. The lowest BCUT2D eigenvalue weighted by molar-refractivity contribution is 0.236. The molecule has 38 heavy (non-hydrogen) atoms. The van der Waals surface area contributed by atoms with Gasteiger partial charge < -0.3 is 32.8 Å². The van der Waals surface area contributed by atoms with Crippen LogP contribution in [0.5, 0.6) is 0 Å². The van der Waals surface area contributed by atoms with Crippen molar-refractivity contribution in [3.63, 3.8) is 0 Å². The van der Waals surface area contributed by atoms with Crippen molar-refractivity contribution in [2.45, 2.75) is 19.0 Å². The highest BCUT2D eigenvalue weighted by Gasteiger charge is 2.22. The number of H-pyrrole nitrogens is 2. The Kier molecular flexibility index (Phi) is 6.99. The highest BCUT2D eigenvalue weighted by Crippen LogP contribution is 2.31. The normalized spacial score (nSPS) is 11.9. The number of hydrogen-bond acceptors (Lipinski definition) is 6. The van der Waals surface area contributed by atoms with Gasteiger partial charge in [0.1, 0.15) is 16.7 Å². The summed E-state index contributed by atoms with van der Waals surface area (Å²) in [5, 5.41) is 14.2. The molecular weight excluding hydrogens is 525 g/mol. The summed E-state index contributed by atoms with van der Waals surface area (Å²) in [6, 6.07) is 17.6. The number of carbonyl (C=O) groups excluding carboxylic acids is 1. The zero-order chi connectivity index (χ0) is 26.8. The smallest absolute Gasteiger partial charge is 0.315 e. The van der Waals surface area contributed by atoms with Crippen molar-refractivity contribution < 1.29 is 4.79 Å². The van der Waals surface area contributed by atoms with Gasteiger partial charge in [0.05, 0.1) is 22.3 Å². The Hall–Kier alpha value is -4.41. The number of aromatic amines is 2. The van der Waals surface area contributed by atoms with Crippen LogP contribution in [0.1, 0.15) is 23.0 Å². The molecule has 5 rings (SSSR count). The SMILES string of the molecule is Nc1ccc(N)c(CNC(=O)N[C@@H](Cc2ccccc2)c2nc(-c3ccc4c(N)n[nH]c4c3)c(Cl)[nH]2)c1Cl. The van der Waals surface area contributed by atoms with Gasteiger partial charge in [0.15, 0.2) is 5.82 Å². The van der Waals surface area contributed by atoms with Gasteiger partial charge in [-0.15, -0.1) is 0 Å². The Morgan fingerprint density at radius 1 is 1.00 bits per heavy atom. The molecule has 0 aliphatic rings. The van der Waals surface area contributed by atoms with E-state index in [-0.39, 0.29) is 6.54 Å². The van der Waals surface area contributed by atoms with Crippen molar-refractivity contribution in [2.24, 2.45) is 0 Å². The molecule has 0 saturated heterocycles. The summed E-state index contributed by atoms with van der Waals surface area (Å²) in [6.45, 7) is 0.0943. The number of nitrogens with zero attached hydrogens (tertiary/aromatic N) is 2. The van der Waals surface area contributed by atoms with E-state index < -0.39 is 12.1 Å². The van der Waals surface area contributed by atoms with E-state index >= 15 is 0 Å². The van der Waals surface area contributed by atoms with Crippen LogP contribution in [0.25, 0.3) is 22.2 Å². The molecule has 1 atom stereocenters. The van der Waals surface area contributed by atoms with Gasteiger partial charge in [-0.3, -0.25) is 5.10 Å². The van der Waals surface area contributed by atoms with Crippen LogP contribution >= 0.6 is 23.2 Å². The van der Waals surface area contributed by atoms with Crippen molar-refractivity contribution in [3.05, 3.63) is 87.8 Å². The van der Waals surface area contributed by atoms with E-state index in [1.807, 2.05) is 48.5 Å². The predicted octanol–water partition coefficient (Wildman–Crippen LogP) is 4.79. The van der Waals surface area contributed by atoms with Gasteiger partial charge in [-0.05, 0) is 36.2 Å². The van der Waals surface area contributed by atoms with Crippen LogP contribution in [0.4, 0.5) is 22.0 Å². The van der Waals surface area contributed by atoms with Crippen molar-refractivity contribution in [3.8, 4) is 11.3 Å². The number of anilines is 3. The summed E-state index contributed by atoms with van der Waals surface area (Å²) in [4.78, 5) is 20.8. The molecule has 0 unspecified atom stereocenters. The van der Waals surface area contributed by atoms with Crippen LogP contribution in [0.15, 0.2) is 60.7 Å². The largest absolute Gasteiger partial charge is 0.398 e. The van der Waals surface area contributed by atoms with Gasteiger partial charge >= 0.3 is 6.03 Å². The van der Waals surface area contributed by atoms with E-state index in [1.54, 1.807) is 12.1 Å². The van der Waals surface area contributed by atoms with E-state index in [2.05, 4.69) is 25.8 Å². The molecule has 0 aliphatic heterocycles. The van der Waals surface area contributed by atoms with E-state index in [0.717, 1.165) is 22.0 Å². The maximum absolute atomic E-state index is 13.0. The summed E-state index contributed by atoms with van der Waals surface area (Å²) >= 11 is 12.9. The fraction of sp³-hybridized carbons (Fsp3) is 0.115. The van der Waals surface area contributed by atoms with Crippen LogP contribution in [0, 0.1) is 0 Å². The Morgan fingerprint density at radius 3 is 2.55 bits per heavy atom. The molecule has 0 saturated carbocycles. The van der Waals surface area contributed by atoms with Crippen molar-refractivity contribution in [2.75, 3.05) is 17.2 Å². The molecule has 5 aromatic rings. The molecule has 2 aromatic heterocycles. The number of urea groups is 1. The number of fused-ring (bicyclic) bond motifs is 1. The maximum atomic E-state index is 13.0. The summed E-state index contributed by atoms with van der Waals surface area (Å²) in [5.41, 5.74) is 22.2. The molecule has 12 heteroatoms. The molecule has 0 aliphatic carbocycles. The molecule has 0 fully saturated rings. The first-order valence-corrected chi connectivity index (χ1v) is 12.5. The number of amides is 2. The molecule has 3 aromatic carbocycles. The Morgan fingerprint density at radius 2 is 1.76 bits per heavy atom. The number of benzene rings is 3. The first-order chi connectivity index (χ1) is 18.3. The van der Waals surface area contributed by atoms with Crippen LogP contribution < -0.4 is 27.8 Å². The number of imidazole rings is 1. The van der Waals surface area contributed by atoms with Crippen LogP contribution in [0.3, 0.4) is 0 Å². The average Bonchev–Trinajstić information content (AvgIpc) is 3.48. The second-order valence-electron chi connectivity index (χ2n) is 8.76. The van der Waals surface area contributed by atoms with Gasteiger partial charge in [0.2, 0.25) is 0 Å². The zero-order valence-corrected chi connectivity index (χ0v) is 21.6. The van der Waals surface area contributed by atoms with E-state index in [0.29, 0.717) is 50.9 Å². The number of rotatable bonds is 7. The Labute approximate surface area is 227 Å². The molecule has 0 bridgehead atoms. The number of hydrogen-bond donors (Lipinski definition) is 7. The summed E-state index contributed by atoms with van der Waals surface area (Å²) < 4.78 is 0. The van der Waals surface area contributed by atoms with Crippen molar-refractivity contribution in [1.82, 2.24) is 30.8 Å². The minimum Gasteiger partial charge on any atom is -0.398 e. The third kappa shape index (κ3) is 5.17. The lowest BCUT2D eigenvalue weighted by atomic mass is 10.1. The Bertz CT molecular complexity index is 1610. The van der Waals surface area contributed by atoms with Crippen molar-refractivity contribution in [1.29, 1.82) is 0 Å². The third-order valence-corrected chi connectivity index (χ3v) is 6.92.